The zero-order valence-electron chi connectivity index (χ0n) is 10.7. The predicted octanol–water partition coefficient (Wildman–Crippen LogP) is 1.10. The number of aromatic amines is 1. The Balaban J connectivity index is 1.70. The Morgan fingerprint density at radius 1 is 1.33 bits per heavy atom. The summed E-state index contributed by atoms with van der Waals surface area (Å²) in [4.78, 5) is 30.4. The van der Waals surface area contributed by atoms with Crippen molar-refractivity contribution >= 4 is 33.4 Å². The van der Waals surface area contributed by atoms with Gasteiger partial charge in [-0.05, 0) is 12.1 Å². The fraction of sp³-hybridized carbons (Fsp3) is 0.0833. The number of carbonyl (C=O) groups excluding carboxylic acids is 1. The van der Waals surface area contributed by atoms with E-state index in [0.717, 1.165) is 0 Å². The van der Waals surface area contributed by atoms with Crippen molar-refractivity contribution in [2.45, 2.75) is 6.54 Å². The van der Waals surface area contributed by atoms with E-state index in [2.05, 4.69) is 30.8 Å². The summed E-state index contributed by atoms with van der Waals surface area (Å²) < 4.78 is 0. The number of nitrogens with one attached hydrogen (secondary N) is 3. The maximum absolute atomic E-state index is 11.9. The van der Waals surface area contributed by atoms with Crippen molar-refractivity contribution in [2.24, 2.45) is 0 Å². The van der Waals surface area contributed by atoms with Gasteiger partial charge in [-0.1, -0.05) is 23.5 Å². The van der Waals surface area contributed by atoms with Gasteiger partial charge in [0.1, 0.15) is 11.3 Å². The summed E-state index contributed by atoms with van der Waals surface area (Å²) in [6, 6.07) is 6.57. The van der Waals surface area contributed by atoms with Crippen LogP contribution in [-0.2, 0) is 6.54 Å². The second kappa shape index (κ2) is 5.67. The van der Waals surface area contributed by atoms with Crippen LogP contribution < -0.4 is 16.2 Å². The van der Waals surface area contributed by atoms with E-state index in [0.29, 0.717) is 21.9 Å². The van der Waals surface area contributed by atoms with Crippen LogP contribution in [-0.4, -0.2) is 26.2 Å². The molecular formula is C12H10N6O2S. The van der Waals surface area contributed by atoms with E-state index >= 15 is 0 Å². The second-order valence-corrected chi connectivity index (χ2v) is 4.91. The molecule has 0 unspecified atom stereocenters. The third-order valence-electron chi connectivity index (χ3n) is 2.66. The molecule has 0 atom stereocenters. The van der Waals surface area contributed by atoms with Crippen molar-refractivity contribution in [2.75, 3.05) is 5.32 Å². The molecule has 0 aliphatic rings. The lowest BCUT2D eigenvalue weighted by Gasteiger charge is -2.05. The van der Waals surface area contributed by atoms with Gasteiger partial charge in [-0.25, -0.2) is 9.78 Å². The molecule has 2 heterocycles. The van der Waals surface area contributed by atoms with Gasteiger partial charge in [0, 0.05) is 0 Å². The van der Waals surface area contributed by atoms with Crippen molar-refractivity contribution in [1.82, 2.24) is 25.5 Å². The topological polar surface area (TPSA) is 113 Å². The van der Waals surface area contributed by atoms with Gasteiger partial charge in [-0.15, -0.1) is 10.2 Å². The molecule has 3 N–H and O–H groups in total. The fourth-order valence-corrected chi connectivity index (χ4v) is 2.19. The molecule has 0 spiro atoms. The first-order chi connectivity index (χ1) is 10.2. The molecule has 8 nitrogen and oxygen atoms in total. The number of nitrogens with zero attached hydrogens (tertiary/aromatic N) is 3. The zero-order chi connectivity index (χ0) is 14.7. The van der Waals surface area contributed by atoms with Crippen LogP contribution in [0.1, 0.15) is 5.82 Å². The Kier molecular flexibility index (Phi) is 3.56. The number of fused-ring (bicyclic) bond motifs is 1. The third-order valence-corrected chi connectivity index (χ3v) is 3.27. The largest absolute Gasteiger partial charge is 0.331 e. The maximum atomic E-state index is 11.9. The molecule has 0 saturated heterocycles. The number of aromatic nitrogens is 4. The van der Waals surface area contributed by atoms with Crippen molar-refractivity contribution in [3.8, 4) is 0 Å². The number of hydrogen-bond acceptors (Lipinski definition) is 6. The molecular weight excluding hydrogens is 292 g/mol. The highest BCUT2D eigenvalue weighted by molar-refractivity contribution is 7.13. The van der Waals surface area contributed by atoms with Crippen LogP contribution in [0, 0.1) is 0 Å². The van der Waals surface area contributed by atoms with Crippen LogP contribution >= 0.6 is 11.3 Å². The van der Waals surface area contributed by atoms with E-state index in [1.54, 1.807) is 24.3 Å². The van der Waals surface area contributed by atoms with Crippen LogP contribution in [0.3, 0.4) is 0 Å². The van der Waals surface area contributed by atoms with Crippen molar-refractivity contribution in [3.05, 3.63) is 46.0 Å². The SMILES string of the molecule is O=C(NCc1nc2ccccc2c(=O)[nH]1)Nc1nncs1. The molecule has 21 heavy (non-hydrogen) atoms. The van der Waals surface area contributed by atoms with Gasteiger partial charge in [0.05, 0.1) is 17.4 Å². The first kappa shape index (κ1) is 13.2. The number of H-pyrrole nitrogens is 1. The quantitative estimate of drug-likeness (QED) is 0.670. The number of amides is 2. The molecule has 0 aliphatic carbocycles. The fourth-order valence-electron chi connectivity index (χ4n) is 1.75. The lowest BCUT2D eigenvalue weighted by molar-refractivity contribution is 0.251. The number of carbonyl (C=O) groups is 1. The van der Waals surface area contributed by atoms with Crippen LogP contribution in [0.25, 0.3) is 10.9 Å². The minimum Gasteiger partial charge on any atom is -0.331 e. The Morgan fingerprint density at radius 3 is 3.00 bits per heavy atom. The summed E-state index contributed by atoms with van der Waals surface area (Å²) in [6.45, 7) is 0.102. The Bertz CT molecular complexity index is 829. The zero-order valence-corrected chi connectivity index (χ0v) is 11.5. The third kappa shape index (κ3) is 3.03. The highest BCUT2D eigenvalue weighted by atomic mass is 32.1. The van der Waals surface area contributed by atoms with Gasteiger partial charge in [-0.3, -0.25) is 10.1 Å². The van der Waals surface area contributed by atoms with Gasteiger partial charge in [0.25, 0.3) is 5.56 Å². The molecule has 0 fully saturated rings. The summed E-state index contributed by atoms with van der Waals surface area (Å²) in [5, 5.41) is 13.3. The van der Waals surface area contributed by atoms with Gasteiger partial charge in [0.15, 0.2) is 0 Å². The molecule has 0 radical (unpaired) electrons. The molecule has 2 amide bonds. The van der Waals surface area contributed by atoms with Gasteiger partial charge >= 0.3 is 6.03 Å². The molecule has 0 aliphatic heterocycles. The van der Waals surface area contributed by atoms with E-state index in [9.17, 15) is 9.59 Å². The van der Waals surface area contributed by atoms with Crippen molar-refractivity contribution < 1.29 is 4.79 Å². The molecule has 9 heteroatoms. The van der Waals surface area contributed by atoms with Crippen LogP contribution in [0.2, 0.25) is 0 Å². The first-order valence-electron chi connectivity index (χ1n) is 6.01. The minimum atomic E-state index is -0.442. The van der Waals surface area contributed by atoms with Crippen LogP contribution in [0.5, 0.6) is 0 Å². The summed E-state index contributed by atoms with van der Waals surface area (Å²) in [5.41, 5.74) is 1.86. The highest BCUT2D eigenvalue weighted by Gasteiger charge is 2.06. The molecule has 106 valence electrons. The number of rotatable bonds is 3. The summed E-state index contributed by atoms with van der Waals surface area (Å²) in [7, 11) is 0. The first-order valence-corrected chi connectivity index (χ1v) is 6.89. The van der Waals surface area contributed by atoms with E-state index in [1.165, 1.54) is 16.8 Å². The monoisotopic (exact) mass is 302 g/mol. The molecule has 2 aromatic heterocycles. The number of hydrogen-bond donors (Lipinski definition) is 3. The predicted molar refractivity (Wildman–Crippen MR) is 78.1 cm³/mol. The molecule has 0 bridgehead atoms. The number of para-hydroxylation sites is 1. The lowest BCUT2D eigenvalue weighted by Crippen LogP contribution is -2.29. The minimum absolute atomic E-state index is 0.102. The average molecular weight is 302 g/mol. The second-order valence-electron chi connectivity index (χ2n) is 4.08. The summed E-state index contributed by atoms with van der Waals surface area (Å²) >= 11 is 1.21. The Labute approximate surface area is 122 Å². The van der Waals surface area contributed by atoms with Crippen molar-refractivity contribution in [1.29, 1.82) is 0 Å². The molecule has 3 aromatic rings. The van der Waals surface area contributed by atoms with Crippen LogP contribution in [0.15, 0.2) is 34.6 Å². The number of benzene rings is 1. The molecule has 1 aromatic carbocycles. The normalized spacial score (nSPS) is 10.5. The maximum Gasteiger partial charge on any atom is 0.321 e. The van der Waals surface area contributed by atoms with Crippen LogP contribution in [0.4, 0.5) is 9.93 Å². The number of urea groups is 1. The van der Waals surface area contributed by atoms with E-state index in [4.69, 9.17) is 0 Å². The molecule has 3 rings (SSSR count). The van der Waals surface area contributed by atoms with E-state index < -0.39 is 6.03 Å². The van der Waals surface area contributed by atoms with Gasteiger partial charge in [0.2, 0.25) is 5.13 Å². The van der Waals surface area contributed by atoms with Gasteiger partial charge in [-0.2, -0.15) is 0 Å². The summed E-state index contributed by atoms with van der Waals surface area (Å²) in [5.74, 6) is 0.381. The molecule has 0 saturated carbocycles. The lowest BCUT2D eigenvalue weighted by atomic mass is 10.2. The van der Waals surface area contributed by atoms with E-state index in [-0.39, 0.29) is 12.1 Å². The highest BCUT2D eigenvalue weighted by Crippen LogP contribution is 2.07. The summed E-state index contributed by atoms with van der Waals surface area (Å²) in [6.07, 6.45) is 0. The Hall–Kier alpha value is -2.81. The van der Waals surface area contributed by atoms with E-state index in [1.807, 2.05) is 0 Å². The van der Waals surface area contributed by atoms with Crippen molar-refractivity contribution in [3.63, 3.8) is 0 Å². The Morgan fingerprint density at radius 2 is 2.19 bits per heavy atom. The van der Waals surface area contributed by atoms with Gasteiger partial charge < -0.3 is 10.3 Å². The smallest absolute Gasteiger partial charge is 0.321 e. The average Bonchev–Trinajstić information content (AvgIpc) is 2.98. The number of anilines is 1. The standard InChI is InChI=1S/C12H10N6O2S/c19-10-7-3-1-2-4-8(7)15-9(16-10)5-13-11(20)17-12-18-14-6-21-12/h1-4,6H,5H2,(H,15,16,19)(H2,13,17,18,20).